The number of halogens is 3. The topological polar surface area (TPSA) is 102 Å². The Kier molecular flexibility index (Phi) is 5.90. The van der Waals surface area contributed by atoms with Gasteiger partial charge in [-0.1, -0.05) is 6.07 Å². The summed E-state index contributed by atoms with van der Waals surface area (Å²) in [5, 5.41) is 0. The van der Waals surface area contributed by atoms with E-state index in [-0.39, 0.29) is 30.2 Å². The highest BCUT2D eigenvalue weighted by Crippen LogP contribution is 2.33. The molecular weight excluding hydrogens is 499 g/mol. The lowest BCUT2D eigenvalue weighted by Crippen LogP contribution is -2.37. The Morgan fingerprint density at radius 2 is 1.95 bits per heavy atom. The van der Waals surface area contributed by atoms with Crippen molar-refractivity contribution in [3.63, 3.8) is 0 Å². The minimum atomic E-state index is -1.59. The van der Waals surface area contributed by atoms with Gasteiger partial charge in [-0.05, 0) is 30.5 Å². The number of fused-ring (bicyclic) bond motifs is 4. The SMILES string of the molecule is CN(C(=O)c1cc2c(cc1F)nc(N)c1cncn12)C1COCc2nc(N3CCC(=C(F)F)CC3)ccc21. The molecule has 3 aromatic heterocycles. The molecule has 1 unspecified atom stereocenters. The van der Waals surface area contributed by atoms with E-state index < -0.39 is 23.8 Å². The van der Waals surface area contributed by atoms with E-state index in [9.17, 15) is 13.6 Å². The fourth-order valence-electron chi connectivity index (χ4n) is 5.16. The van der Waals surface area contributed by atoms with Crippen LogP contribution in [0.15, 0.2) is 48.4 Å². The molecule has 9 nitrogen and oxygen atoms in total. The Labute approximate surface area is 215 Å². The van der Waals surface area contributed by atoms with Crippen LogP contribution >= 0.6 is 0 Å². The number of nitrogen functional groups attached to an aromatic ring is 1. The van der Waals surface area contributed by atoms with Gasteiger partial charge >= 0.3 is 0 Å². The quantitative estimate of drug-likeness (QED) is 0.432. The molecule has 196 valence electrons. The number of hydrogen-bond acceptors (Lipinski definition) is 7. The molecule has 0 aliphatic carbocycles. The summed E-state index contributed by atoms with van der Waals surface area (Å²) in [5.74, 6) is -0.348. The number of benzene rings is 1. The molecule has 4 aromatic rings. The number of amides is 1. The molecule has 0 saturated carbocycles. The van der Waals surface area contributed by atoms with E-state index in [1.807, 2.05) is 17.0 Å². The minimum absolute atomic E-state index is 0.115. The smallest absolute Gasteiger partial charge is 0.269 e. The molecule has 1 fully saturated rings. The lowest BCUT2D eigenvalue weighted by atomic mass is 10.0. The zero-order valence-corrected chi connectivity index (χ0v) is 20.5. The van der Waals surface area contributed by atoms with Gasteiger partial charge in [-0.2, -0.15) is 8.78 Å². The molecule has 5 heterocycles. The summed E-state index contributed by atoms with van der Waals surface area (Å²) in [6.45, 7) is 1.39. The Balaban J connectivity index is 1.29. The first-order valence-corrected chi connectivity index (χ1v) is 12.2. The van der Waals surface area contributed by atoms with Crippen molar-refractivity contribution in [1.82, 2.24) is 24.3 Å². The second-order valence-corrected chi connectivity index (χ2v) is 9.47. The van der Waals surface area contributed by atoms with E-state index in [1.54, 1.807) is 17.6 Å². The van der Waals surface area contributed by atoms with E-state index in [2.05, 4.69) is 9.97 Å². The third-order valence-electron chi connectivity index (χ3n) is 7.31. The van der Waals surface area contributed by atoms with Crippen molar-refractivity contribution in [3.8, 4) is 0 Å². The number of ether oxygens (including phenoxy) is 1. The van der Waals surface area contributed by atoms with Crippen molar-refractivity contribution in [2.75, 3.05) is 37.4 Å². The highest BCUT2D eigenvalue weighted by molar-refractivity contribution is 5.98. The summed E-state index contributed by atoms with van der Waals surface area (Å²) in [4.78, 5) is 30.0. The molecule has 0 spiro atoms. The number of imidazole rings is 1. The molecular formula is C26H24F3N7O2. The summed E-state index contributed by atoms with van der Waals surface area (Å²) >= 11 is 0. The average Bonchev–Trinajstić information content (AvgIpc) is 3.42. The highest BCUT2D eigenvalue weighted by atomic mass is 19.3. The van der Waals surface area contributed by atoms with Gasteiger partial charge in [0.05, 0.1) is 54.1 Å². The van der Waals surface area contributed by atoms with Gasteiger partial charge in [0.1, 0.15) is 23.0 Å². The number of nitrogens with zero attached hydrogens (tertiary/aromatic N) is 6. The molecule has 1 saturated heterocycles. The van der Waals surface area contributed by atoms with Gasteiger partial charge in [0.15, 0.2) is 0 Å². The van der Waals surface area contributed by atoms with Gasteiger partial charge in [0, 0.05) is 31.8 Å². The molecule has 38 heavy (non-hydrogen) atoms. The number of likely N-dealkylation sites (N-methyl/N-ethyl adjacent to an activating group) is 1. The first-order chi connectivity index (χ1) is 18.3. The van der Waals surface area contributed by atoms with Gasteiger partial charge in [0.25, 0.3) is 12.0 Å². The molecule has 2 N–H and O–H groups in total. The van der Waals surface area contributed by atoms with Crippen LogP contribution in [0.25, 0.3) is 16.6 Å². The number of hydrogen-bond donors (Lipinski definition) is 1. The van der Waals surface area contributed by atoms with Crippen molar-refractivity contribution in [2.45, 2.75) is 25.5 Å². The maximum atomic E-state index is 15.1. The predicted molar refractivity (Wildman–Crippen MR) is 134 cm³/mol. The van der Waals surface area contributed by atoms with E-state index in [0.717, 1.165) is 5.56 Å². The van der Waals surface area contributed by atoms with Crippen molar-refractivity contribution in [3.05, 3.63) is 71.1 Å². The first-order valence-electron chi connectivity index (χ1n) is 12.2. The van der Waals surface area contributed by atoms with Crippen molar-refractivity contribution in [2.24, 2.45) is 0 Å². The molecule has 12 heteroatoms. The molecule has 0 radical (unpaired) electrons. The number of carbonyl (C=O) groups is 1. The van der Waals surface area contributed by atoms with Crippen LogP contribution in [0.4, 0.5) is 24.8 Å². The van der Waals surface area contributed by atoms with Crippen LogP contribution in [0.1, 0.15) is 40.5 Å². The van der Waals surface area contributed by atoms with E-state index in [0.29, 0.717) is 54.0 Å². The van der Waals surface area contributed by atoms with Crippen molar-refractivity contribution < 1.29 is 22.7 Å². The maximum Gasteiger partial charge on any atom is 0.269 e. The summed E-state index contributed by atoms with van der Waals surface area (Å²) in [6, 6.07) is 5.87. The molecule has 2 aliphatic rings. The standard InChI is InChI=1S/C26H24F3N7O2/c1-34(26(37)16-8-20-18(9-17(16)27)33-25(30)21-10-31-13-36(20)21)22-12-38-11-19-15(22)2-3-23(32-19)35-6-4-14(5-7-35)24(28)29/h2-3,8-10,13,22H,4-7,11-12H2,1H3,(H2,30,33). The third kappa shape index (κ3) is 4.01. The number of aromatic nitrogens is 4. The molecule has 1 atom stereocenters. The Morgan fingerprint density at radius 1 is 1.16 bits per heavy atom. The van der Waals surface area contributed by atoms with Gasteiger partial charge in [-0.15, -0.1) is 0 Å². The largest absolute Gasteiger partial charge is 0.382 e. The summed E-state index contributed by atoms with van der Waals surface area (Å²) in [5.41, 5.74) is 8.87. The number of piperidine rings is 1. The second-order valence-electron chi connectivity index (χ2n) is 9.47. The number of anilines is 2. The average molecular weight is 524 g/mol. The number of carbonyl (C=O) groups excluding carboxylic acids is 1. The van der Waals surface area contributed by atoms with Crippen LogP contribution in [0.5, 0.6) is 0 Å². The first kappa shape index (κ1) is 24.2. The number of nitrogens with two attached hydrogens (primary N) is 1. The van der Waals surface area contributed by atoms with Crippen LogP contribution in [-0.4, -0.2) is 56.9 Å². The second kappa shape index (κ2) is 9.28. The zero-order chi connectivity index (χ0) is 26.6. The molecule has 6 rings (SSSR count). The predicted octanol–water partition coefficient (Wildman–Crippen LogP) is 4.09. The normalized spacial score (nSPS) is 17.6. The van der Waals surface area contributed by atoms with Gasteiger partial charge in [-0.3, -0.25) is 9.20 Å². The van der Waals surface area contributed by atoms with Crippen LogP contribution in [-0.2, 0) is 11.3 Å². The zero-order valence-electron chi connectivity index (χ0n) is 20.5. The molecule has 1 amide bonds. The molecule has 1 aromatic carbocycles. The van der Waals surface area contributed by atoms with E-state index in [4.69, 9.17) is 15.5 Å². The number of pyridine rings is 1. The highest BCUT2D eigenvalue weighted by Gasteiger charge is 2.31. The summed E-state index contributed by atoms with van der Waals surface area (Å²) < 4.78 is 48.4. The van der Waals surface area contributed by atoms with E-state index in [1.165, 1.54) is 23.4 Å². The maximum absolute atomic E-state index is 15.1. The lowest BCUT2D eigenvalue weighted by molar-refractivity contribution is 0.0328. The van der Waals surface area contributed by atoms with Crippen LogP contribution in [0.2, 0.25) is 0 Å². The lowest BCUT2D eigenvalue weighted by Gasteiger charge is -2.34. The van der Waals surface area contributed by atoms with Crippen molar-refractivity contribution >= 4 is 34.1 Å². The van der Waals surface area contributed by atoms with Crippen LogP contribution in [0, 0.1) is 5.82 Å². The Bertz CT molecular complexity index is 1610. The van der Waals surface area contributed by atoms with Gasteiger partial charge < -0.3 is 20.3 Å². The fourth-order valence-corrected chi connectivity index (χ4v) is 5.16. The van der Waals surface area contributed by atoms with Crippen LogP contribution in [0.3, 0.4) is 0 Å². The minimum Gasteiger partial charge on any atom is -0.382 e. The Morgan fingerprint density at radius 3 is 2.71 bits per heavy atom. The summed E-state index contributed by atoms with van der Waals surface area (Å²) in [7, 11) is 1.60. The number of rotatable bonds is 3. The fraction of sp³-hybridized carbons (Fsp3) is 0.308. The van der Waals surface area contributed by atoms with Crippen LogP contribution < -0.4 is 10.6 Å². The molecule has 2 aliphatic heterocycles. The van der Waals surface area contributed by atoms with Gasteiger partial charge in [0.2, 0.25) is 0 Å². The third-order valence-corrected chi connectivity index (χ3v) is 7.31. The monoisotopic (exact) mass is 523 g/mol. The Hall–Kier alpha value is -4.19. The van der Waals surface area contributed by atoms with Gasteiger partial charge in [-0.25, -0.2) is 19.3 Å². The summed E-state index contributed by atoms with van der Waals surface area (Å²) in [6.07, 6.45) is 2.08. The van der Waals surface area contributed by atoms with E-state index >= 15 is 4.39 Å². The van der Waals surface area contributed by atoms with Crippen molar-refractivity contribution in [1.29, 1.82) is 0 Å². The molecule has 0 bridgehead atoms.